The third kappa shape index (κ3) is 5.58. The van der Waals surface area contributed by atoms with Crippen LogP contribution < -0.4 is 10.6 Å². The first-order chi connectivity index (χ1) is 11.4. The molecule has 2 rings (SSSR count). The number of hydrogen-bond donors (Lipinski definition) is 3. The summed E-state index contributed by atoms with van der Waals surface area (Å²) in [5.41, 5.74) is 1.26. The lowest BCUT2D eigenvalue weighted by molar-refractivity contribution is -0.137. The predicted molar refractivity (Wildman–Crippen MR) is 88.5 cm³/mol. The van der Waals surface area contributed by atoms with Crippen molar-refractivity contribution in [2.75, 3.05) is 30.0 Å². The average molecular weight is 351 g/mol. The number of rotatable bonds is 7. The fraction of sp³-hybridized carbons (Fsp3) is 0.333. The van der Waals surface area contributed by atoms with Crippen LogP contribution in [0.3, 0.4) is 0 Å². The molecule has 0 bridgehead atoms. The monoisotopic (exact) mass is 351 g/mol. The van der Waals surface area contributed by atoms with E-state index in [9.17, 15) is 19.2 Å². The van der Waals surface area contributed by atoms with Crippen molar-refractivity contribution in [1.82, 2.24) is 10.2 Å². The molecule has 0 spiro atoms. The maximum absolute atomic E-state index is 11.9. The zero-order valence-corrected chi connectivity index (χ0v) is 13.6. The first-order valence-electron chi connectivity index (χ1n) is 7.17. The average Bonchev–Trinajstić information content (AvgIpc) is 2.92. The highest BCUT2D eigenvalue weighted by Crippen LogP contribution is 2.15. The van der Waals surface area contributed by atoms with Crippen LogP contribution in [0.2, 0.25) is 0 Å². The molecule has 3 amide bonds. The fourth-order valence-corrected chi connectivity index (χ4v) is 2.95. The van der Waals surface area contributed by atoms with Crippen LogP contribution in [0, 0.1) is 0 Å². The molecule has 0 aliphatic carbocycles. The number of benzene rings is 1. The van der Waals surface area contributed by atoms with E-state index < -0.39 is 12.5 Å². The van der Waals surface area contributed by atoms with Gasteiger partial charge in [0, 0.05) is 5.69 Å². The van der Waals surface area contributed by atoms with E-state index in [2.05, 4.69) is 10.6 Å². The van der Waals surface area contributed by atoms with Gasteiger partial charge in [0.15, 0.2) is 0 Å². The zero-order valence-electron chi connectivity index (χ0n) is 12.8. The molecule has 0 radical (unpaired) electrons. The summed E-state index contributed by atoms with van der Waals surface area (Å²) in [6.45, 7) is -0.397. The molecule has 1 saturated heterocycles. The van der Waals surface area contributed by atoms with Crippen molar-refractivity contribution < 1.29 is 24.3 Å². The summed E-state index contributed by atoms with van der Waals surface area (Å²) in [4.78, 5) is 46.7. The minimum absolute atomic E-state index is 0.0190. The maximum Gasteiger partial charge on any atom is 0.322 e. The van der Waals surface area contributed by atoms with E-state index in [0.29, 0.717) is 22.9 Å². The summed E-state index contributed by atoms with van der Waals surface area (Å²) in [6.07, 6.45) is 0.0566. The van der Waals surface area contributed by atoms with Crippen LogP contribution in [0.25, 0.3) is 0 Å². The van der Waals surface area contributed by atoms with Crippen LogP contribution in [0.5, 0.6) is 0 Å². The number of carbonyl (C=O) groups excluding carboxylic acids is 3. The second kappa shape index (κ2) is 8.34. The number of carboxylic acids is 1. The summed E-state index contributed by atoms with van der Waals surface area (Å²) in [6, 6.07) is 6.65. The van der Waals surface area contributed by atoms with Crippen molar-refractivity contribution in [3.63, 3.8) is 0 Å². The number of nitrogens with zero attached hydrogens (tertiary/aromatic N) is 1. The molecule has 1 aliphatic heterocycles. The summed E-state index contributed by atoms with van der Waals surface area (Å²) in [5, 5.41) is 13.5. The van der Waals surface area contributed by atoms with Gasteiger partial charge >= 0.3 is 5.97 Å². The highest BCUT2D eigenvalue weighted by Gasteiger charge is 2.22. The highest BCUT2D eigenvalue weighted by molar-refractivity contribution is 8.00. The molecule has 8 nitrogen and oxygen atoms in total. The normalized spacial score (nSPS) is 13.7. The molecular formula is C15H17N3O5S. The highest BCUT2D eigenvalue weighted by atomic mass is 32.2. The van der Waals surface area contributed by atoms with Gasteiger partial charge in [0.2, 0.25) is 17.7 Å². The minimum Gasteiger partial charge on any atom is -0.480 e. The Morgan fingerprint density at radius 1 is 1.17 bits per heavy atom. The van der Waals surface area contributed by atoms with Crippen LogP contribution >= 0.6 is 11.8 Å². The van der Waals surface area contributed by atoms with Crippen LogP contribution in [-0.2, 0) is 25.6 Å². The van der Waals surface area contributed by atoms with Crippen molar-refractivity contribution in [2.24, 2.45) is 0 Å². The molecule has 128 valence electrons. The van der Waals surface area contributed by atoms with Crippen molar-refractivity contribution in [3.05, 3.63) is 29.8 Å². The number of carbonyl (C=O) groups is 4. The van der Waals surface area contributed by atoms with Gasteiger partial charge in [-0.2, -0.15) is 0 Å². The Morgan fingerprint density at radius 2 is 1.88 bits per heavy atom. The van der Waals surface area contributed by atoms with Crippen molar-refractivity contribution in [3.8, 4) is 0 Å². The number of amides is 3. The fourth-order valence-electron chi connectivity index (χ4n) is 2.04. The van der Waals surface area contributed by atoms with E-state index >= 15 is 0 Å². The Kier molecular flexibility index (Phi) is 6.19. The Hall–Kier alpha value is -2.55. The summed E-state index contributed by atoms with van der Waals surface area (Å²) >= 11 is 1.47. The number of carboxylic acid groups (broad SMARTS) is 1. The first-order valence-corrected chi connectivity index (χ1v) is 8.32. The minimum atomic E-state index is -1.10. The first kappa shape index (κ1) is 17.8. The molecule has 1 aromatic carbocycles. The van der Waals surface area contributed by atoms with Crippen molar-refractivity contribution >= 4 is 41.1 Å². The predicted octanol–water partition coefficient (Wildman–Crippen LogP) is -0.0987. The molecule has 0 unspecified atom stereocenters. The summed E-state index contributed by atoms with van der Waals surface area (Å²) in [5.74, 6) is -0.881. The number of aliphatic carboxylic acids is 1. The van der Waals surface area contributed by atoms with E-state index in [-0.39, 0.29) is 30.7 Å². The molecule has 1 heterocycles. The molecule has 0 saturated carbocycles. The van der Waals surface area contributed by atoms with Crippen molar-refractivity contribution in [2.45, 2.75) is 6.42 Å². The van der Waals surface area contributed by atoms with Crippen LogP contribution in [-0.4, -0.2) is 58.4 Å². The second-order valence-electron chi connectivity index (χ2n) is 5.16. The van der Waals surface area contributed by atoms with Gasteiger partial charge in [-0.15, -0.1) is 11.8 Å². The van der Waals surface area contributed by atoms with E-state index in [1.165, 1.54) is 16.7 Å². The van der Waals surface area contributed by atoms with E-state index in [1.807, 2.05) is 0 Å². The largest absolute Gasteiger partial charge is 0.480 e. The maximum atomic E-state index is 11.9. The van der Waals surface area contributed by atoms with Crippen LogP contribution in [0.15, 0.2) is 24.3 Å². The van der Waals surface area contributed by atoms with E-state index in [0.717, 1.165) is 0 Å². The molecule has 9 heteroatoms. The Bertz CT molecular complexity index is 647. The van der Waals surface area contributed by atoms with Crippen LogP contribution in [0.4, 0.5) is 5.69 Å². The lowest BCUT2D eigenvalue weighted by Gasteiger charge is -2.14. The van der Waals surface area contributed by atoms with Crippen molar-refractivity contribution in [1.29, 1.82) is 0 Å². The standard InChI is InChI=1S/C15H17N3O5S/c19-12(16-6-15(22)23)5-10-1-3-11(4-2-10)17-13(20)7-18-9-24-8-14(18)21/h1-4H,5-9H2,(H,16,19)(H,17,20)(H,22,23). The quantitative estimate of drug-likeness (QED) is 0.632. The molecule has 3 N–H and O–H groups in total. The van der Waals surface area contributed by atoms with Gasteiger partial charge in [-0.25, -0.2) is 0 Å². The van der Waals surface area contributed by atoms with Crippen LogP contribution in [0.1, 0.15) is 5.56 Å². The molecule has 1 aliphatic rings. The lowest BCUT2D eigenvalue weighted by Crippen LogP contribution is -2.34. The van der Waals surface area contributed by atoms with Gasteiger partial charge in [-0.3, -0.25) is 19.2 Å². The third-order valence-corrected chi connectivity index (χ3v) is 4.14. The Balaban J connectivity index is 1.80. The van der Waals surface area contributed by atoms with Gasteiger partial charge < -0.3 is 20.6 Å². The number of nitrogens with one attached hydrogen (secondary N) is 2. The number of thioether (sulfide) groups is 1. The Morgan fingerprint density at radius 3 is 2.46 bits per heavy atom. The zero-order chi connectivity index (χ0) is 17.5. The third-order valence-electron chi connectivity index (χ3n) is 3.20. The summed E-state index contributed by atoms with van der Waals surface area (Å²) < 4.78 is 0. The van der Waals surface area contributed by atoms with Gasteiger partial charge in [0.05, 0.1) is 18.1 Å². The van der Waals surface area contributed by atoms with Gasteiger partial charge in [0.25, 0.3) is 0 Å². The topological polar surface area (TPSA) is 116 Å². The lowest BCUT2D eigenvalue weighted by atomic mass is 10.1. The van der Waals surface area contributed by atoms with Gasteiger partial charge in [-0.05, 0) is 17.7 Å². The smallest absolute Gasteiger partial charge is 0.322 e. The second-order valence-corrected chi connectivity index (χ2v) is 6.12. The van der Waals surface area contributed by atoms with Gasteiger partial charge in [0.1, 0.15) is 13.1 Å². The summed E-state index contributed by atoms with van der Waals surface area (Å²) in [7, 11) is 0. The number of hydrogen-bond acceptors (Lipinski definition) is 5. The number of anilines is 1. The molecule has 24 heavy (non-hydrogen) atoms. The van der Waals surface area contributed by atoms with Gasteiger partial charge in [-0.1, -0.05) is 12.1 Å². The molecular weight excluding hydrogens is 334 g/mol. The SMILES string of the molecule is O=C(O)CNC(=O)Cc1ccc(NC(=O)CN2CSCC2=O)cc1. The van der Waals surface area contributed by atoms with E-state index in [4.69, 9.17) is 5.11 Å². The molecule has 0 atom stereocenters. The molecule has 1 aromatic rings. The molecule has 0 aromatic heterocycles. The van der Waals surface area contributed by atoms with E-state index in [1.54, 1.807) is 24.3 Å². The molecule has 1 fully saturated rings. The Labute approximate surface area is 142 Å².